The number of ketones is 1. The van der Waals surface area contributed by atoms with E-state index in [1.165, 1.54) is 33.1 Å². The minimum Gasteiger partial charge on any atom is -0.477 e. The highest BCUT2D eigenvalue weighted by molar-refractivity contribution is 8.01. The second-order valence-corrected chi connectivity index (χ2v) is 8.20. The summed E-state index contributed by atoms with van der Waals surface area (Å²) in [5, 5.41) is 23.3. The quantitative estimate of drug-likeness (QED) is 0.314. The molecule has 2 N–H and O–H groups in total. The van der Waals surface area contributed by atoms with Crippen LogP contribution in [0.3, 0.4) is 0 Å². The molecule has 2 atom stereocenters. The minimum atomic E-state index is -1.20. The molecule has 2 aliphatic heterocycles. The largest absolute Gasteiger partial charge is 0.477 e. The normalized spacial score (nSPS) is 21.2. The summed E-state index contributed by atoms with van der Waals surface area (Å²) in [5.41, 5.74) is 0.521. The molecule has 2 aliphatic rings. The van der Waals surface area contributed by atoms with Crippen molar-refractivity contribution in [3.05, 3.63) is 11.3 Å². The molecule has 3 heterocycles. The van der Waals surface area contributed by atoms with Crippen molar-refractivity contribution in [1.29, 1.82) is 0 Å². The third-order valence-electron chi connectivity index (χ3n) is 4.28. The van der Waals surface area contributed by atoms with Gasteiger partial charge in [0.05, 0.1) is 6.42 Å². The van der Waals surface area contributed by atoms with E-state index in [2.05, 4.69) is 20.8 Å². The van der Waals surface area contributed by atoms with Crippen LogP contribution in [0.15, 0.2) is 16.4 Å². The van der Waals surface area contributed by atoms with E-state index in [0.717, 1.165) is 0 Å². The third kappa shape index (κ3) is 3.90. The number of carbonyl (C=O) groups excluding carboxylic acids is 3. The van der Waals surface area contributed by atoms with Crippen LogP contribution < -0.4 is 5.32 Å². The van der Waals surface area contributed by atoms with Gasteiger partial charge in [-0.2, -0.15) is 0 Å². The number of Topliss-reactive ketones (excluding diaryl/α,β-unsaturated/α-hetero) is 1. The Kier molecular flexibility index (Phi) is 6.03. The minimum absolute atomic E-state index is 0.0634. The Morgan fingerprint density at radius 1 is 1.39 bits per heavy atom. The molecule has 13 heteroatoms. The second kappa shape index (κ2) is 8.31. The van der Waals surface area contributed by atoms with Gasteiger partial charge in [0.2, 0.25) is 11.1 Å². The van der Waals surface area contributed by atoms with Crippen LogP contribution in [0.4, 0.5) is 0 Å². The zero-order valence-corrected chi connectivity index (χ0v) is 16.7. The molecule has 0 aromatic carbocycles. The van der Waals surface area contributed by atoms with E-state index in [4.69, 9.17) is 0 Å². The summed E-state index contributed by atoms with van der Waals surface area (Å²) < 4.78 is 1.47. The Morgan fingerprint density at radius 2 is 2.14 bits per heavy atom. The Balaban J connectivity index is 1.71. The molecular weight excluding hydrogens is 408 g/mol. The first-order valence-corrected chi connectivity index (χ1v) is 10.4. The number of tetrazole rings is 1. The van der Waals surface area contributed by atoms with Crippen LogP contribution in [0.1, 0.15) is 19.8 Å². The van der Waals surface area contributed by atoms with Crippen molar-refractivity contribution >= 4 is 47.1 Å². The van der Waals surface area contributed by atoms with Crippen molar-refractivity contribution < 1.29 is 24.3 Å². The maximum Gasteiger partial charge on any atom is 0.352 e. The molecule has 2 amide bonds. The Labute approximate surface area is 168 Å². The van der Waals surface area contributed by atoms with E-state index < -0.39 is 29.2 Å². The van der Waals surface area contributed by atoms with Crippen LogP contribution in [-0.4, -0.2) is 76.7 Å². The summed E-state index contributed by atoms with van der Waals surface area (Å²) in [6, 6.07) is -0.825. The first-order valence-electron chi connectivity index (χ1n) is 8.39. The number of hydrogen-bond donors (Lipinski definition) is 2. The number of hydrogen-bond acceptors (Lipinski definition) is 9. The average Bonchev–Trinajstić information content (AvgIpc) is 3.08. The Hall–Kier alpha value is -2.41. The van der Waals surface area contributed by atoms with Gasteiger partial charge in [0.25, 0.3) is 5.91 Å². The molecular formula is C15H18N6O5S2. The van der Waals surface area contributed by atoms with Crippen LogP contribution in [0.5, 0.6) is 0 Å². The predicted octanol–water partition coefficient (Wildman–Crippen LogP) is -0.590. The zero-order valence-electron chi connectivity index (χ0n) is 15.1. The van der Waals surface area contributed by atoms with Crippen LogP contribution in [0.2, 0.25) is 0 Å². The molecule has 0 saturated carbocycles. The maximum atomic E-state index is 12.5. The number of carbonyl (C=O) groups is 4. The summed E-state index contributed by atoms with van der Waals surface area (Å²) in [7, 11) is 1.68. The smallest absolute Gasteiger partial charge is 0.352 e. The number of amides is 2. The van der Waals surface area contributed by atoms with Crippen molar-refractivity contribution in [1.82, 2.24) is 30.4 Å². The number of fused-ring (bicyclic) bond motifs is 1. The molecule has 3 rings (SSSR count). The maximum absolute atomic E-state index is 12.5. The number of rotatable bonds is 8. The second-order valence-electron chi connectivity index (χ2n) is 6.16. The zero-order chi connectivity index (χ0) is 20.4. The first-order chi connectivity index (χ1) is 13.3. The Morgan fingerprint density at radius 3 is 2.75 bits per heavy atom. The van der Waals surface area contributed by atoms with E-state index >= 15 is 0 Å². The van der Waals surface area contributed by atoms with E-state index in [1.807, 2.05) is 0 Å². The molecule has 0 aliphatic carbocycles. The summed E-state index contributed by atoms with van der Waals surface area (Å²) in [4.78, 5) is 48.8. The average molecular weight is 426 g/mol. The van der Waals surface area contributed by atoms with Gasteiger partial charge in [-0.15, -0.1) is 16.9 Å². The van der Waals surface area contributed by atoms with E-state index in [0.29, 0.717) is 22.2 Å². The topological polar surface area (TPSA) is 147 Å². The predicted molar refractivity (Wildman–Crippen MR) is 99.1 cm³/mol. The molecule has 1 saturated heterocycles. The molecule has 11 nitrogen and oxygen atoms in total. The van der Waals surface area contributed by atoms with Crippen molar-refractivity contribution in [3.8, 4) is 0 Å². The standard InChI is InChI=1S/C15H18N6O5S2/c1-3-8(22)4-9(23)16-10-12(24)21-11(14(25)26)7(5-27-13(10)21)6-28-15-17-18-19-20(15)2/h10,13H,3-6H2,1-2H3,(H,16,23)(H,25,26)/t10-,13+/m1/s1. The number of carboxylic acids is 1. The molecule has 0 spiro atoms. The number of thioether (sulfide) groups is 2. The van der Waals surface area contributed by atoms with Gasteiger partial charge in [-0.05, 0) is 16.0 Å². The van der Waals surface area contributed by atoms with Gasteiger partial charge in [-0.25, -0.2) is 9.48 Å². The lowest BCUT2D eigenvalue weighted by Crippen LogP contribution is -2.70. The lowest BCUT2D eigenvalue weighted by Gasteiger charge is -2.49. The van der Waals surface area contributed by atoms with Gasteiger partial charge in [-0.1, -0.05) is 18.7 Å². The number of β-lactam (4-membered cyclic amide) rings is 1. The van der Waals surface area contributed by atoms with Crippen LogP contribution in [0, 0.1) is 0 Å². The fourth-order valence-electron chi connectivity index (χ4n) is 2.82. The highest BCUT2D eigenvalue weighted by Gasteiger charge is 2.54. The Bertz CT molecular complexity index is 869. The molecule has 1 aromatic rings. The van der Waals surface area contributed by atoms with Crippen molar-refractivity contribution in [2.75, 3.05) is 11.5 Å². The fourth-order valence-corrected chi connectivity index (χ4v) is 5.15. The molecule has 0 unspecified atom stereocenters. The monoisotopic (exact) mass is 426 g/mol. The van der Waals surface area contributed by atoms with Gasteiger partial charge in [-0.3, -0.25) is 19.3 Å². The summed E-state index contributed by atoms with van der Waals surface area (Å²) >= 11 is 2.65. The summed E-state index contributed by atoms with van der Waals surface area (Å²) in [6.45, 7) is 1.66. The van der Waals surface area contributed by atoms with E-state index in [-0.39, 0.29) is 24.3 Å². The highest BCUT2D eigenvalue weighted by atomic mass is 32.2. The van der Waals surface area contributed by atoms with Crippen LogP contribution in [-0.2, 0) is 26.2 Å². The molecule has 1 fully saturated rings. The molecule has 1 aromatic heterocycles. The number of nitrogens with one attached hydrogen (secondary N) is 1. The molecule has 0 bridgehead atoms. The molecule has 28 heavy (non-hydrogen) atoms. The van der Waals surface area contributed by atoms with Crippen molar-refractivity contribution in [2.24, 2.45) is 7.05 Å². The first kappa shape index (κ1) is 20.3. The van der Waals surface area contributed by atoms with Gasteiger partial charge in [0, 0.05) is 25.0 Å². The number of carboxylic acid groups (broad SMARTS) is 1. The lowest BCUT2D eigenvalue weighted by molar-refractivity contribution is -0.150. The van der Waals surface area contributed by atoms with Gasteiger partial charge >= 0.3 is 5.97 Å². The SMILES string of the molecule is CCC(=O)CC(=O)N[C@@H]1C(=O)N2C(C(=O)O)=C(CSc3nnnn3C)CS[C@@H]12. The van der Waals surface area contributed by atoms with Gasteiger partial charge < -0.3 is 10.4 Å². The number of aliphatic carboxylic acids is 1. The third-order valence-corrected chi connectivity index (χ3v) is 6.71. The molecule has 150 valence electrons. The van der Waals surface area contributed by atoms with E-state index in [1.54, 1.807) is 14.0 Å². The van der Waals surface area contributed by atoms with Crippen LogP contribution in [0.25, 0.3) is 0 Å². The lowest BCUT2D eigenvalue weighted by atomic mass is 10.0. The van der Waals surface area contributed by atoms with Crippen molar-refractivity contribution in [3.63, 3.8) is 0 Å². The van der Waals surface area contributed by atoms with Crippen LogP contribution >= 0.6 is 23.5 Å². The molecule has 0 radical (unpaired) electrons. The number of nitrogens with zero attached hydrogens (tertiary/aromatic N) is 5. The number of aryl methyl sites for hydroxylation is 1. The fraction of sp³-hybridized carbons (Fsp3) is 0.533. The summed E-state index contributed by atoms with van der Waals surface area (Å²) in [5.74, 6) is -1.72. The summed E-state index contributed by atoms with van der Waals surface area (Å²) in [6.07, 6.45) is -0.0444. The number of aromatic nitrogens is 4. The van der Waals surface area contributed by atoms with E-state index in [9.17, 15) is 24.3 Å². The van der Waals surface area contributed by atoms with Gasteiger partial charge in [0.15, 0.2) is 0 Å². The van der Waals surface area contributed by atoms with Gasteiger partial charge in [0.1, 0.15) is 22.9 Å². The van der Waals surface area contributed by atoms with Crippen molar-refractivity contribution in [2.45, 2.75) is 36.3 Å². The highest BCUT2D eigenvalue weighted by Crippen LogP contribution is 2.41.